The van der Waals surface area contributed by atoms with Gasteiger partial charge in [0.05, 0.1) is 21.3 Å². The van der Waals surface area contributed by atoms with Crippen LogP contribution in [-0.2, 0) is 19.6 Å². The minimum Gasteiger partial charge on any atom is -0.278 e. The van der Waals surface area contributed by atoms with Crippen LogP contribution in [0.1, 0.15) is 19.3 Å². The zero-order chi connectivity index (χ0) is 18.9. The summed E-state index contributed by atoms with van der Waals surface area (Å²) >= 11 is 11.8. The van der Waals surface area contributed by atoms with Gasteiger partial charge in [-0.1, -0.05) is 23.2 Å². The molecule has 9 heteroatoms. The Hall–Kier alpha value is -2.09. The van der Waals surface area contributed by atoms with Crippen molar-refractivity contribution in [3.05, 3.63) is 52.5 Å². The summed E-state index contributed by atoms with van der Waals surface area (Å²) in [4.78, 5) is 24.9. The van der Waals surface area contributed by atoms with Gasteiger partial charge in [-0.25, -0.2) is 8.42 Å². The first-order valence-corrected chi connectivity index (χ1v) is 9.95. The van der Waals surface area contributed by atoms with Crippen molar-refractivity contribution in [2.45, 2.75) is 24.2 Å². The van der Waals surface area contributed by atoms with E-state index in [1.165, 1.54) is 36.4 Å². The molecule has 1 saturated heterocycles. The van der Waals surface area contributed by atoms with Crippen LogP contribution in [0.4, 0.5) is 11.4 Å². The van der Waals surface area contributed by atoms with Crippen molar-refractivity contribution in [1.82, 2.24) is 0 Å². The lowest BCUT2D eigenvalue weighted by Crippen LogP contribution is -2.40. The summed E-state index contributed by atoms with van der Waals surface area (Å²) in [5.74, 6) is -0.582. The van der Waals surface area contributed by atoms with Gasteiger partial charge < -0.3 is 0 Å². The molecule has 0 unspecified atom stereocenters. The Balaban J connectivity index is 1.86. The molecule has 0 aromatic heterocycles. The van der Waals surface area contributed by atoms with E-state index in [-0.39, 0.29) is 27.4 Å². The van der Waals surface area contributed by atoms with E-state index < -0.39 is 10.0 Å². The molecule has 0 bridgehead atoms. The topological polar surface area (TPSA) is 83.6 Å². The minimum absolute atomic E-state index is 0.0331. The summed E-state index contributed by atoms with van der Waals surface area (Å²) in [7, 11) is -3.91. The summed E-state index contributed by atoms with van der Waals surface area (Å²) in [5, 5.41) is 0.545. The Bertz CT molecular complexity index is 959. The van der Waals surface area contributed by atoms with Crippen LogP contribution < -0.4 is 9.62 Å². The van der Waals surface area contributed by atoms with Gasteiger partial charge in [0.1, 0.15) is 0 Å². The molecule has 1 fully saturated rings. The Kier molecular flexibility index (Phi) is 5.22. The normalized spacial score (nSPS) is 15.2. The molecule has 0 radical (unpaired) electrons. The van der Waals surface area contributed by atoms with Gasteiger partial charge in [0.15, 0.2) is 0 Å². The Morgan fingerprint density at radius 3 is 2.15 bits per heavy atom. The van der Waals surface area contributed by atoms with Gasteiger partial charge in [-0.15, -0.1) is 0 Å². The number of nitrogens with one attached hydrogen (secondary N) is 1. The third kappa shape index (κ3) is 3.85. The summed E-state index contributed by atoms with van der Waals surface area (Å²) in [5.41, 5.74) is 0.504. The minimum atomic E-state index is -3.91. The number of rotatable bonds is 4. The predicted molar refractivity (Wildman–Crippen MR) is 100 cm³/mol. The van der Waals surface area contributed by atoms with E-state index in [0.717, 1.165) is 4.90 Å². The van der Waals surface area contributed by atoms with Crippen molar-refractivity contribution in [1.29, 1.82) is 0 Å². The van der Waals surface area contributed by atoms with E-state index in [1.807, 2.05) is 0 Å². The van der Waals surface area contributed by atoms with Crippen molar-refractivity contribution < 1.29 is 18.0 Å². The number of amides is 2. The van der Waals surface area contributed by atoms with E-state index >= 15 is 0 Å². The lowest BCUT2D eigenvalue weighted by atomic mass is 10.1. The van der Waals surface area contributed by atoms with Crippen LogP contribution in [0.3, 0.4) is 0 Å². The number of carbonyl (C=O) groups is 2. The highest BCUT2D eigenvalue weighted by Gasteiger charge is 2.27. The first kappa shape index (κ1) is 18.7. The highest BCUT2D eigenvalue weighted by atomic mass is 35.5. The fourth-order valence-corrected chi connectivity index (χ4v) is 4.06. The lowest BCUT2D eigenvalue weighted by Gasteiger charge is -2.24. The summed E-state index contributed by atoms with van der Waals surface area (Å²) < 4.78 is 27.4. The number of imide groups is 1. The predicted octanol–water partition coefficient (Wildman–Crippen LogP) is 3.84. The third-order valence-corrected chi connectivity index (χ3v) is 5.80. The standard InChI is InChI=1S/C17H14Cl2N2O4S/c18-11-4-9-14(19)15(10-11)20-26(24,25)13-7-5-12(6-8-13)21-16(22)2-1-3-17(21)23/h4-10,20H,1-3H2. The van der Waals surface area contributed by atoms with Gasteiger partial charge >= 0.3 is 0 Å². The second-order valence-corrected chi connectivity index (χ2v) is 8.23. The quantitative estimate of drug-likeness (QED) is 0.773. The molecule has 2 aromatic rings. The number of benzene rings is 2. The maximum Gasteiger partial charge on any atom is 0.261 e. The second kappa shape index (κ2) is 7.26. The second-order valence-electron chi connectivity index (χ2n) is 5.70. The lowest BCUT2D eigenvalue weighted by molar-refractivity contribution is -0.129. The van der Waals surface area contributed by atoms with Crippen LogP contribution in [0.2, 0.25) is 10.0 Å². The number of carbonyl (C=O) groups excluding carboxylic acids is 2. The zero-order valence-electron chi connectivity index (χ0n) is 13.4. The Labute approximate surface area is 160 Å². The van der Waals surface area contributed by atoms with Crippen molar-refractivity contribution >= 4 is 56.4 Å². The van der Waals surface area contributed by atoms with Gasteiger partial charge in [-0.3, -0.25) is 19.2 Å². The number of sulfonamides is 1. The fraction of sp³-hybridized carbons (Fsp3) is 0.176. The number of hydrogen-bond donors (Lipinski definition) is 1. The summed E-state index contributed by atoms with van der Waals surface area (Å²) in [6.45, 7) is 0. The van der Waals surface area contributed by atoms with Gasteiger partial charge in [0.2, 0.25) is 11.8 Å². The molecule has 6 nitrogen and oxygen atoms in total. The molecule has 26 heavy (non-hydrogen) atoms. The Morgan fingerprint density at radius 2 is 1.54 bits per heavy atom. The van der Waals surface area contributed by atoms with Crippen LogP contribution in [0.15, 0.2) is 47.4 Å². The van der Waals surface area contributed by atoms with E-state index in [9.17, 15) is 18.0 Å². The van der Waals surface area contributed by atoms with Crippen molar-refractivity contribution in [2.24, 2.45) is 0 Å². The molecule has 1 aliphatic rings. The molecule has 2 amide bonds. The van der Waals surface area contributed by atoms with Crippen molar-refractivity contribution in [3.8, 4) is 0 Å². The fourth-order valence-electron chi connectivity index (χ4n) is 2.60. The highest BCUT2D eigenvalue weighted by molar-refractivity contribution is 7.92. The van der Waals surface area contributed by atoms with E-state index in [4.69, 9.17) is 23.2 Å². The number of nitrogens with zero attached hydrogens (tertiary/aromatic N) is 1. The zero-order valence-corrected chi connectivity index (χ0v) is 15.7. The average molecular weight is 413 g/mol. The summed E-state index contributed by atoms with van der Waals surface area (Å²) in [6.07, 6.45) is 1.12. The number of piperidine rings is 1. The molecule has 0 aliphatic carbocycles. The molecule has 136 valence electrons. The monoisotopic (exact) mass is 412 g/mol. The van der Waals surface area contributed by atoms with E-state index in [0.29, 0.717) is 30.0 Å². The molecule has 1 heterocycles. The number of hydrogen-bond acceptors (Lipinski definition) is 4. The van der Waals surface area contributed by atoms with Gasteiger partial charge in [0.25, 0.3) is 10.0 Å². The molecular formula is C17H14Cl2N2O4S. The number of halogens is 2. The molecule has 2 aromatic carbocycles. The smallest absolute Gasteiger partial charge is 0.261 e. The molecule has 1 N–H and O–H groups in total. The molecule has 1 aliphatic heterocycles. The van der Waals surface area contributed by atoms with Gasteiger partial charge in [-0.2, -0.15) is 0 Å². The van der Waals surface area contributed by atoms with Crippen molar-refractivity contribution in [2.75, 3.05) is 9.62 Å². The van der Waals surface area contributed by atoms with Gasteiger partial charge in [-0.05, 0) is 48.9 Å². The van der Waals surface area contributed by atoms with E-state index in [1.54, 1.807) is 6.07 Å². The first-order chi connectivity index (χ1) is 12.3. The maximum absolute atomic E-state index is 12.5. The molecule has 0 saturated carbocycles. The summed E-state index contributed by atoms with van der Waals surface area (Å²) in [6, 6.07) is 9.93. The van der Waals surface area contributed by atoms with Crippen LogP contribution >= 0.6 is 23.2 Å². The maximum atomic E-state index is 12.5. The Morgan fingerprint density at radius 1 is 0.923 bits per heavy atom. The van der Waals surface area contributed by atoms with Gasteiger partial charge in [0, 0.05) is 17.9 Å². The molecular weight excluding hydrogens is 399 g/mol. The molecule has 0 atom stereocenters. The van der Waals surface area contributed by atoms with E-state index in [2.05, 4.69) is 4.72 Å². The first-order valence-electron chi connectivity index (χ1n) is 7.72. The highest BCUT2D eigenvalue weighted by Crippen LogP contribution is 2.29. The molecule has 3 rings (SSSR count). The van der Waals surface area contributed by atoms with Crippen LogP contribution in [-0.4, -0.2) is 20.2 Å². The SMILES string of the molecule is O=C1CCCC(=O)N1c1ccc(S(=O)(=O)Nc2cc(Cl)ccc2Cl)cc1. The molecule has 0 spiro atoms. The largest absolute Gasteiger partial charge is 0.278 e. The number of anilines is 2. The van der Waals surface area contributed by atoms with Crippen LogP contribution in [0.25, 0.3) is 0 Å². The van der Waals surface area contributed by atoms with Crippen molar-refractivity contribution in [3.63, 3.8) is 0 Å². The van der Waals surface area contributed by atoms with Crippen LogP contribution in [0, 0.1) is 0 Å². The average Bonchev–Trinajstić information content (AvgIpc) is 2.58. The third-order valence-electron chi connectivity index (χ3n) is 3.86. The van der Waals surface area contributed by atoms with Crippen LogP contribution in [0.5, 0.6) is 0 Å².